The molecule has 0 aromatic heterocycles. The minimum absolute atomic E-state index is 0.0164. The molecular weight excluding hydrogens is 219 g/mol. The van der Waals surface area contributed by atoms with Crippen molar-refractivity contribution in [3.05, 3.63) is 46.5 Å². The molecule has 0 aliphatic rings. The fourth-order valence-corrected chi connectivity index (χ4v) is 1.78. The average molecular weight is 231 g/mol. The third-order valence-corrected chi connectivity index (χ3v) is 2.50. The van der Waals surface area contributed by atoms with Crippen molar-refractivity contribution in [2.24, 2.45) is 5.84 Å². The van der Waals surface area contributed by atoms with Crippen molar-refractivity contribution >= 4 is 23.2 Å². The Bertz CT molecular complexity index is 326. The highest BCUT2D eigenvalue weighted by molar-refractivity contribution is 6.35. The number of benzene rings is 1. The fourth-order valence-electron chi connectivity index (χ4n) is 1.24. The smallest absolute Gasteiger partial charge is 0.0509 e. The van der Waals surface area contributed by atoms with Gasteiger partial charge in [-0.15, -0.1) is 6.58 Å². The molecule has 0 radical (unpaired) electrons. The minimum Gasteiger partial charge on any atom is -0.271 e. The van der Waals surface area contributed by atoms with Crippen LogP contribution in [0.3, 0.4) is 0 Å². The Kier molecular flexibility index (Phi) is 4.42. The van der Waals surface area contributed by atoms with Crippen LogP contribution < -0.4 is 11.3 Å². The molecule has 0 saturated carbocycles. The van der Waals surface area contributed by atoms with Crippen molar-refractivity contribution in [3.8, 4) is 0 Å². The summed E-state index contributed by atoms with van der Waals surface area (Å²) in [4.78, 5) is 0. The lowest BCUT2D eigenvalue weighted by atomic mass is 10.0. The highest BCUT2D eigenvalue weighted by Gasteiger charge is 2.11. The number of hydrazine groups is 1. The zero-order valence-corrected chi connectivity index (χ0v) is 9.15. The zero-order valence-electron chi connectivity index (χ0n) is 7.63. The van der Waals surface area contributed by atoms with E-state index in [2.05, 4.69) is 12.0 Å². The summed E-state index contributed by atoms with van der Waals surface area (Å²) in [6.07, 6.45) is 2.51. The van der Waals surface area contributed by atoms with Crippen LogP contribution in [-0.4, -0.2) is 0 Å². The molecule has 76 valence electrons. The normalized spacial score (nSPS) is 12.5. The first kappa shape index (κ1) is 11.5. The van der Waals surface area contributed by atoms with E-state index in [1.54, 1.807) is 18.2 Å². The molecule has 1 aromatic rings. The topological polar surface area (TPSA) is 38.0 Å². The number of hydrogen-bond donors (Lipinski definition) is 2. The molecule has 14 heavy (non-hydrogen) atoms. The maximum Gasteiger partial charge on any atom is 0.0509 e. The Morgan fingerprint density at radius 3 is 2.71 bits per heavy atom. The van der Waals surface area contributed by atoms with Gasteiger partial charge in [-0.2, -0.15) is 0 Å². The first-order chi connectivity index (χ1) is 6.69. The molecule has 0 saturated heterocycles. The first-order valence-electron chi connectivity index (χ1n) is 4.21. The lowest BCUT2D eigenvalue weighted by molar-refractivity contribution is 0.562. The number of nitrogens with one attached hydrogen (secondary N) is 1. The molecule has 0 aliphatic heterocycles. The second kappa shape index (κ2) is 5.37. The zero-order chi connectivity index (χ0) is 10.6. The fraction of sp³-hybridized carbons (Fsp3) is 0.200. The largest absolute Gasteiger partial charge is 0.271 e. The third-order valence-electron chi connectivity index (χ3n) is 1.94. The van der Waals surface area contributed by atoms with E-state index in [1.165, 1.54) is 0 Å². The van der Waals surface area contributed by atoms with Crippen LogP contribution in [0.5, 0.6) is 0 Å². The Balaban J connectivity index is 2.97. The summed E-state index contributed by atoms with van der Waals surface area (Å²) in [5.74, 6) is 5.41. The van der Waals surface area contributed by atoms with Gasteiger partial charge in [0.25, 0.3) is 0 Å². The highest BCUT2D eigenvalue weighted by atomic mass is 35.5. The van der Waals surface area contributed by atoms with Crippen LogP contribution in [0.4, 0.5) is 0 Å². The summed E-state index contributed by atoms with van der Waals surface area (Å²) in [7, 11) is 0. The van der Waals surface area contributed by atoms with Crippen LogP contribution in [-0.2, 0) is 0 Å². The van der Waals surface area contributed by atoms with Crippen LogP contribution >= 0.6 is 23.2 Å². The van der Waals surface area contributed by atoms with Crippen molar-refractivity contribution in [2.45, 2.75) is 12.5 Å². The Labute approximate surface area is 93.7 Å². The summed E-state index contributed by atoms with van der Waals surface area (Å²) in [6.45, 7) is 3.66. The molecule has 2 nitrogen and oxygen atoms in total. The average Bonchev–Trinajstić information content (AvgIpc) is 2.15. The van der Waals surface area contributed by atoms with Gasteiger partial charge in [0, 0.05) is 10.0 Å². The SMILES string of the molecule is C=CCC(NN)c1ccc(Cl)cc1Cl. The summed E-state index contributed by atoms with van der Waals surface area (Å²) >= 11 is 11.8. The van der Waals surface area contributed by atoms with E-state index in [1.807, 2.05) is 6.07 Å². The lowest BCUT2D eigenvalue weighted by Crippen LogP contribution is -2.27. The molecule has 1 unspecified atom stereocenters. The van der Waals surface area contributed by atoms with Crippen LogP contribution in [0.1, 0.15) is 18.0 Å². The second-order valence-corrected chi connectivity index (χ2v) is 3.75. The molecule has 0 bridgehead atoms. The Morgan fingerprint density at radius 2 is 2.21 bits per heavy atom. The van der Waals surface area contributed by atoms with Gasteiger partial charge in [-0.1, -0.05) is 35.3 Å². The van der Waals surface area contributed by atoms with E-state index >= 15 is 0 Å². The molecule has 1 atom stereocenters. The van der Waals surface area contributed by atoms with Gasteiger partial charge in [-0.3, -0.25) is 11.3 Å². The van der Waals surface area contributed by atoms with Crippen LogP contribution in [0.25, 0.3) is 0 Å². The summed E-state index contributed by atoms with van der Waals surface area (Å²) in [6, 6.07) is 5.33. The maximum absolute atomic E-state index is 6.02. The lowest BCUT2D eigenvalue weighted by Gasteiger charge is -2.15. The van der Waals surface area contributed by atoms with Gasteiger partial charge in [-0.25, -0.2) is 0 Å². The molecule has 0 amide bonds. The van der Waals surface area contributed by atoms with E-state index in [0.29, 0.717) is 10.0 Å². The van der Waals surface area contributed by atoms with Gasteiger partial charge in [0.15, 0.2) is 0 Å². The highest BCUT2D eigenvalue weighted by Crippen LogP contribution is 2.27. The first-order valence-corrected chi connectivity index (χ1v) is 4.96. The summed E-state index contributed by atoms with van der Waals surface area (Å²) in [5.41, 5.74) is 3.61. The minimum atomic E-state index is -0.0164. The van der Waals surface area contributed by atoms with Gasteiger partial charge >= 0.3 is 0 Å². The van der Waals surface area contributed by atoms with Gasteiger partial charge in [0.1, 0.15) is 0 Å². The number of rotatable bonds is 4. The molecule has 0 fully saturated rings. The van der Waals surface area contributed by atoms with Gasteiger partial charge < -0.3 is 0 Å². The van der Waals surface area contributed by atoms with Crippen molar-refractivity contribution in [1.82, 2.24) is 5.43 Å². The van der Waals surface area contributed by atoms with Crippen molar-refractivity contribution in [2.75, 3.05) is 0 Å². The predicted molar refractivity (Wildman–Crippen MR) is 61.3 cm³/mol. The molecule has 1 rings (SSSR count). The second-order valence-electron chi connectivity index (χ2n) is 2.91. The van der Waals surface area contributed by atoms with Crippen LogP contribution in [0.15, 0.2) is 30.9 Å². The van der Waals surface area contributed by atoms with E-state index in [0.717, 1.165) is 12.0 Å². The Hall–Kier alpha value is -0.540. The quantitative estimate of drug-likeness (QED) is 0.474. The molecular formula is C10H12Cl2N2. The third kappa shape index (κ3) is 2.72. The Morgan fingerprint density at radius 1 is 1.50 bits per heavy atom. The van der Waals surface area contributed by atoms with E-state index in [9.17, 15) is 0 Å². The molecule has 4 heteroatoms. The molecule has 0 spiro atoms. The number of nitrogens with two attached hydrogens (primary N) is 1. The van der Waals surface area contributed by atoms with Gasteiger partial charge in [0.05, 0.1) is 6.04 Å². The predicted octanol–water partition coefficient (Wildman–Crippen LogP) is 3.07. The standard InChI is InChI=1S/C10H12Cl2N2/c1-2-3-10(14-13)8-5-4-7(11)6-9(8)12/h2,4-6,10,14H,1,3,13H2. The van der Waals surface area contributed by atoms with Gasteiger partial charge in [-0.05, 0) is 24.1 Å². The van der Waals surface area contributed by atoms with Crippen LogP contribution in [0.2, 0.25) is 10.0 Å². The van der Waals surface area contributed by atoms with Crippen molar-refractivity contribution < 1.29 is 0 Å². The van der Waals surface area contributed by atoms with Crippen molar-refractivity contribution in [3.63, 3.8) is 0 Å². The van der Waals surface area contributed by atoms with Crippen molar-refractivity contribution in [1.29, 1.82) is 0 Å². The maximum atomic E-state index is 6.02. The molecule has 1 aromatic carbocycles. The van der Waals surface area contributed by atoms with E-state index in [4.69, 9.17) is 29.0 Å². The monoisotopic (exact) mass is 230 g/mol. The van der Waals surface area contributed by atoms with E-state index in [-0.39, 0.29) is 6.04 Å². The van der Waals surface area contributed by atoms with Gasteiger partial charge in [0.2, 0.25) is 0 Å². The summed E-state index contributed by atoms with van der Waals surface area (Å²) in [5, 5.41) is 1.23. The molecule has 0 heterocycles. The van der Waals surface area contributed by atoms with E-state index < -0.39 is 0 Å². The molecule has 3 N–H and O–H groups in total. The summed E-state index contributed by atoms with van der Waals surface area (Å²) < 4.78 is 0. The number of halogens is 2. The number of hydrogen-bond acceptors (Lipinski definition) is 2. The van der Waals surface area contributed by atoms with Crippen LogP contribution in [0, 0.1) is 0 Å². The molecule has 0 aliphatic carbocycles.